The van der Waals surface area contributed by atoms with Crippen molar-refractivity contribution in [3.8, 4) is 40.1 Å². The van der Waals surface area contributed by atoms with Crippen molar-refractivity contribution < 1.29 is 74.1 Å². The van der Waals surface area contributed by atoms with Gasteiger partial charge in [-0.25, -0.2) is 0 Å². The molecule has 9 N–H and O–H groups in total. The lowest BCUT2D eigenvalue weighted by Gasteiger charge is -2.42. The molecule has 3 aromatic rings. The molecular weight excluding hydrogens is 592 g/mol. The topological polar surface area (TPSA) is 258 Å². The van der Waals surface area contributed by atoms with Crippen LogP contribution in [0.4, 0.5) is 0 Å². The molecular formula is C28H32O16. The highest BCUT2D eigenvalue weighted by Crippen LogP contribution is 2.45. The van der Waals surface area contributed by atoms with E-state index in [-0.39, 0.29) is 28.4 Å². The Bertz CT molecular complexity index is 1540. The van der Waals surface area contributed by atoms with Crippen molar-refractivity contribution in [2.45, 2.75) is 68.3 Å². The molecule has 2 aromatic carbocycles. The largest absolute Gasteiger partial charge is 0.508 e. The molecule has 3 heterocycles. The molecule has 2 aliphatic rings. The van der Waals surface area contributed by atoms with Crippen molar-refractivity contribution in [3.05, 3.63) is 40.6 Å². The number of phenols is 2. The number of aliphatic hydroxyl groups is 6. The molecule has 0 amide bonds. The number of methoxy groups -OCH3 is 1. The quantitative estimate of drug-likeness (QED) is 0.147. The molecule has 240 valence electrons. The molecule has 0 bridgehead atoms. The monoisotopic (exact) mass is 624 g/mol. The van der Waals surface area contributed by atoms with E-state index in [0.29, 0.717) is 0 Å². The summed E-state index contributed by atoms with van der Waals surface area (Å²) in [5, 5.41) is 92.4. The van der Waals surface area contributed by atoms with Gasteiger partial charge in [-0.15, -0.1) is 0 Å². The lowest BCUT2D eigenvalue weighted by molar-refractivity contribution is -0.318. The molecule has 2 aliphatic heterocycles. The number of ether oxygens (including phenoxy) is 5. The summed E-state index contributed by atoms with van der Waals surface area (Å²) in [6.45, 7) is 0.865. The number of rotatable bonds is 7. The van der Waals surface area contributed by atoms with Gasteiger partial charge in [-0.3, -0.25) is 4.79 Å². The number of phenolic OH excluding ortho intramolecular Hbond substituents is 2. The first-order valence-corrected chi connectivity index (χ1v) is 13.4. The Labute approximate surface area is 248 Å². The number of aromatic hydroxyl groups is 3. The van der Waals surface area contributed by atoms with Crippen molar-refractivity contribution in [1.82, 2.24) is 0 Å². The van der Waals surface area contributed by atoms with Gasteiger partial charge in [-0.1, -0.05) is 0 Å². The van der Waals surface area contributed by atoms with Gasteiger partial charge < -0.3 is 74.1 Å². The molecule has 0 spiro atoms. The summed E-state index contributed by atoms with van der Waals surface area (Å²) in [5.41, 5.74) is -1.04. The fraction of sp³-hybridized carbons (Fsp3) is 0.464. The highest BCUT2D eigenvalue weighted by Gasteiger charge is 2.47. The average molecular weight is 625 g/mol. The van der Waals surface area contributed by atoms with Crippen LogP contribution in [0.25, 0.3) is 22.3 Å². The van der Waals surface area contributed by atoms with Gasteiger partial charge in [0.15, 0.2) is 23.5 Å². The minimum atomic E-state index is -1.91. The number of hydrogen-bond donors (Lipinski definition) is 9. The number of benzene rings is 2. The van der Waals surface area contributed by atoms with Gasteiger partial charge in [0, 0.05) is 11.6 Å². The predicted octanol–water partition coefficient (Wildman–Crippen LogP) is -1.38. The van der Waals surface area contributed by atoms with Gasteiger partial charge in [-0.2, -0.15) is 0 Å². The summed E-state index contributed by atoms with van der Waals surface area (Å²) in [6, 6.07) is 6.57. The smallest absolute Gasteiger partial charge is 0.238 e. The molecule has 16 heteroatoms. The SMILES string of the molecule is COc1cc2oc(-c3ccc(O)cc3)c(O)c(=O)c2c(O)c1O[C@@H]1O[C@H](CO[C@@H]2O[C@@H](C)[C@H](O)[C@@H](O)[C@H]2O)[C@@H](O)[C@H](O)[C@H]1O. The molecule has 16 nitrogen and oxygen atoms in total. The molecule has 0 unspecified atom stereocenters. The van der Waals surface area contributed by atoms with E-state index < -0.39 is 96.1 Å². The Morgan fingerprint density at radius 3 is 2.09 bits per heavy atom. The third-order valence-electron chi connectivity index (χ3n) is 7.54. The summed E-state index contributed by atoms with van der Waals surface area (Å²) >= 11 is 0. The molecule has 2 fully saturated rings. The highest BCUT2D eigenvalue weighted by molar-refractivity contribution is 5.91. The van der Waals surface area contributed by atoms with Crippen molar-refractivity contribution in [2.75, 3.05) is 13.7 Å². The molecule has 2 saturated heterocycles. The molecule has 44 heavy (non-hydrogen) atoms. The number of fused-ring (bicyclic) bond motifs is 1. The molecule has 10 atom stereocenters. The van der Waals surface area contributed by atoms with E-state index in [9.17, 15) is 50.8 Å². The van der Waals surface area contributed by atoms with Crippen molar-refractivity contribution in [3.63, 3.8) is 0 Å². The van der Waals surface area contributed by atoms with Crippen LogP contribution < -0.4 is 14.9 Å². The zero-order valence-corrected chi connectivity index (χ0v) is 23.3. The van der Waals surface area contributed by atoms with Crippen LogP contribution in [0.1, 0.15) is 6.92 Å². The second-order valence-corrected chi connectivity index (χ2v) is 10.4. The van der Waals surface area contributed by atoms with Crippen LogP contribution in [0.2, 0.25) is 0 Å². The Balaban J connectivity index is 1.42. The lowest BCUT2D eigenvalue weighted by Crippen LogP contribution is -2.61. The highest BCUT2D eigenvalue weighted by atomic mass is 16.7. The molecule has 1 aromatic heterocycles. The first-order chi connectivity index (χ1) is 20.8. The fourth-order valence-electron chi connectivity index (χ4n) is 4.97. The number of aliphatic hydroxyl groups excluding tert-OH is 6. The minimum Gasteiger partial charge on any atom is -0.508 e. The second-order valence-electron chi connectivity index (χ2n) is 10.4. The zero-order chi connectivity index (χ0) is 32.0. The van der Waals surface area contributed by atoms with E-state index in [1.54, 1.807) is 0 Å². The van der Waals surface area contributed by atoms with Gasteiger partial charge >= 0.3 is 0 Å². The van der Waals surface area contributed by atoms with E-state index in [1.807, 2.05) is 0 Å². The lowest BCUT2D eigenvalue weighted by atomic mass is 9.98. The average Bonchev–Trinajstić information content (AvgIpc) is 3.01. The standard InChI is InChI=1S/C28H32O16/c1-9-16(30)20(34)23(37)27(41-9)40-8-14-17(31)21(35)24(38)28(43-14)44-26-13(39-2)7-12-15(19(26)33)18(32)22(36)25(42-12)10-3-5-11(29)6-4-10/h3-7,9,14,16-17,20-21,23-24,27-31,33-38H,8H2,1-2H3/t9-,14+,16-,17+,20+,21-,23+,24+,27+,28-/m0/s1. The maximum absolute atomic E-state index is 13.1. The normalized spacial score (nSPS) is 32.5. The second kappa shape index (κ2) is 12.4. The first kappa shape index (κ1) is 31.7. The van der Waals surface area contributed by atoms with Gasteiger partial charge in [0.25, 0.3) is 0 Å². The Morgan fingerprint density at radius 2 is 1.43 bits per heavy atom. The van der Waals surface area contributed by atoms with E-state index in [4.69, 9.17) is 28.1 Å². The number of hydrogen-bond acceptors (Lipinski definition) is 16. The third-order valence-corrected chi connectivity index (χ3v) is 7.54. The van der Waals surface area contributed by atoms with Crippen LogP contribution in [0.3, 0.4) is 0 Å². The summed E-state index contributed by atoms with van der Waals surface area (Å²) in [4.78, 5) is 13.1. The van der Waals surface area contributed by atoms with Gasteiger partial charge in [0.1, 0.15) is 59.4 Å². The Kier molecular flexibility index (Phi) is 8.90. The maximum Gasteiger partial charge on any atom is 0.238 e. The van der Waals surface area contributed by atoms with E-state index >= 15 is 0 Å². The molecule has 0 saturated carbocycles. The van der Waals surface area contributed by atoms with Crippen LogP contribution in [-0.2, 0) is 14.2 Å². The van der Waals surface area contributed by atoms with Gasteiger partial charge in [0.05, 0.1) is 19.8 Å². The molecule has 5 rings (SSSR count). The first-order valence-electron chi connectivity index (χ1n) is 13.4. The van der Waals surface area contributed by atoms with Gasteiger partial charge in [-0.05, 0) is 31.2 Å². The summed E-state index contributed by atoms with van der Waals surface area (Å²) in [5.74, 6) is -2.82. The predicted molar refractivity (Wildman–Crippen MR) is 145 cm³/mol. The third kappa shape index (κ3) is 5.63. The van der Waals surface area contributed by atoms with Crippen molar-refractivity contribution in [1.29, 1.82) is 0 Å². The van der Waals surface area contributed by atoms with Crippen LogP contribution in [0.5, 0.6) is 28.7 Å². The van der Waals surface area contributed by atoms with E-state index in [2.05, 4.69) is 0 Å². The molecule has 0 aliphatic carbocycles. The van der Waals surface area contributed by atoms with E-state index in [1.165, 1.54) is 44.4 Å². The molecule has 0 radical (unpaired) electrons. The summed E-state index contributed by atoms with van der Waals surface area (Å²) < 4.78 is 33.0. The van der Waals surface area contributed by atoms with Crippen LogP contribution >= 0.6 is 0 Å². The zero-order valence-electron chi connectivity index (χ0n) is 23.3. The Hall–Kier alpha value is -3.71. The maximum atomic E-state index is 13.1. The van der Waals surface area contributed by atoms with Crippen LogP contribution in [0.15, 0.2) is 39.5 Å². The van der Waals surface area contributed by atoms with Gasteiger partial charge in [0.2, 0.25) is 23.2 Å². The van der Waals surface area contributed by atoms with Crippen molar-refractivity contribution >= 4 is 11.0 Å². The minimum absolute atomic E-state index is 0.0656. The van der Waals surface area contributed by atoms with Crippen molar-refractivity contribution in [2.24, 2.45) is 0 Å². The van der Waals surface area contributed by atoms with E-state index in [0.717, 1.165) is 0 Å². The van der Waals surface area contributed by atoms with Crippen LogP contribution in [0, 0.1) is 0 Å². The fourth-order valence-corrected chi connectivity index (χ4v) is 4.97. The summed E-state index contributed by atoms with van der Waals surface area (Å²) in [6.07, 6.45) is -15.8. The summed E-state index contributed by atoms with van der Waals surface area (Å²) in [7, 11) is 1.20. The van der Waals surface area contributed by atoms with Crippen LogP contribution in [-0.4, -0.2) is 121 Å². The Morgan fingerprint density at radius 1 is 0.795 bits per heavy atom.